The van der Waals surface area contributed by atoms with Crippen LogP contribution in [-0.4, -0.2) is 47.0 Å². The Morgan fingerprint density at radius 2 is 1.84 bits per heavy atom. The summed E-state index contributed by atoms with van der Waals surface area (Å²) in [6.07, 6.45) is 0.875. The van der Waals surface area contributed by atoms with Crippen molar-refractivity contribution in [3.05, 3.63) is 65.0 Å². The van der Waals surface area contributed by atoms with E-state index >= 15 is 0 Å². The molecule has 3 rings (SSSR count). The summed E-state index contributed by atoms with van der Waals surface area (Å²) >= 11 is 0. The van der Waals surface area contributed by atoms with Crippen LogP contribution in [0.15, 0.2) is 42.5 Å². The molecule has 0 radical (unpaired) electrons. The third-order valence-corrected chi connectivity index (χ3v) is 4.58. The van der Waals surface area contributed by atoms with E-state index in [0.717, 1.165) is 37.2 Å². The van der Waals surface area contributed by atoms with E-state index < -0.39 is 0 Å². The van der Waals surface area contributed by atoms with E-state index in [2.05, 4.69) is 4.90 Å². The summed E-state index contributed by atoms with van der Waals surface area (Å²) in [5.41, 5.74) is 2.39. The molecule has 1 amide bonds. The van der Waals surface area contributed by atoms with Crippen LogP contribution in [0.4, 0.5) is 4.39 Å². The number of hydrogen-bond acceptors (Lipinski definition) is 3. The second-order valence-corrected chi connectivity index (χ2v) is 6.57. The Balaban J connectivity index is 1.64. The molecule has 0 unspecified atom stereocenters. The van der Waals surface area contributed by atoms with E-state index in [-0.39, 0.29) is 17.5 Å². The fraction of sp³-hybridized carbons (Fsp3) is 0.350. The van der Waals surface area contributed by atoms with E-state index in [0.29, 0.717) is 18.7 Å². The largest absolute Gasteiger partial charge is 0.507 e. The van der Waals surface area contributed by atoms with E-state index in [4.69, 9.17) is 0 Å². The van der Waals surface area contributed by atoms with E-state index in [1.807, 2.05) is 6.92 Å². The van der Waals surface area contributed by atoms with E-state index in [1.54, 1.807) is 35.2 Å². The van der Waals surface area contributed by atoms with Gasteiger partial charge in [0.25, 0.3) is 5.91 Å². The number of aromatic hydroxyl groups is 1. The van der Waals surface area contributed by atoms with Crippen LogP contribution in [0, 0.1) is 12.7 Å². The molecule has 1 heterocycles. The van der Waals surface area contributed by atoms with Crippen LogP contribution in [0.2, 0.25) is 0 Å². The molecule has 1 aliphatic rings. The lowest BCUT2D eigenvalue weighted by molar-refractivity contribution is 0.0758. The summed E-state index contributed by atoms with van der Waals surface area (Å²) in [7, 11) is 0. The molecule has 1 fully saturated rings. The summed E-state index contributed by atoms with van der Waals surface area (Å²) in [6, 6.07) is 11.6. The van der Waals surface area contributed by atoms with Gasteiger partial charge in [-0.2, -0.15) is 0 Å². The molecule has 0 atom stereocenters. The molecule has 1 N–H and O–H groups in total. The highest BCUT2D eigenvalue weighted by atomic mass is 19.1. The summed E-state index contributed by atoms with van der Waals surface area (Å²) < 4.78 is 13.0. The first-order chi connectivity index (χ1) is 12.0. The third-order valence-electron chi connectivity index (χ3n) is 4.58. The number of amides is 1. The molecule has 1 saturated heterocycles. The summed E-state index contributed by atoms with van der Waals surface area (Å²) in [5, 5.41) is 9.99. The number of hydrogen-bond donors (Lipinski definition) is 1. The van der Waals surface area contributed by atoms with Crippen molar-refractivity contribution in [1.29, 1.82) is 0 Å². The van der Waals surface area contributed by atoms with Crippen LogP contribution in [0.5, 0.6) is 5.75 Å². The maximum absolute atomic E-state index is 13.0. The molecular weight excluding hydrogens is 319 g/mol. The van der Waals surface area contributed by atoms with Gasteiger partial charge in [-0.15, -0.1) is 0 Å². The smallest absolute Gasteiger partial charge is 0.257 e. The number of phenols is 1. The highest BCUT2D eigenvalue weighted by molar-refractivity contribution is 5.97. The second-order valence-electron chi connectivity index (χ2n) is 6.57. The number of carbonyl (C=O) groups excluding carboxylic acids is 1. The van der Waals surface area contributed by atoms with Crippen LogP contribution < -0.4 is 0 Å². The molecule has 0 spiro atoms. The number of halogens is 1. The third kappa shape index (κ3) is 4.37. The molecule has 5 heteroatoms. The van der Waals surface area contributed by atoms with Crippen LogP contribution in [-0.2, 0) is 6.54 Å². The molecule has 0 saturated carbocycles. The summed E-state index contributed by atoms with van der Waals surface area (Å²) in [5.74, 6) is -0.317. The van der Waals surface area contributed by atoms with Gasteiger partial charge in [-0.1, -0.05) is 23.8 Å². The Morgan fingerprint density at radius 3 is 2.60 bits per heavy atom. The Morgan fingerprint density at radius 1 is 1.08 bits per heavy atom. The van der Waals surface area contributed by atoms with Crippen LogP contribution >= 0.6 is 0 Å². The summed E-state index contributed by atoms with van der Waals surface area (Å²) in [6.45, 7) is 5.59. The maximum Gasteiger partial charge on any atom is 0.257 e. The normalized spacial score (nSPS) is 15.8. The van der Waals surface area contributed by atoms with Gasteiger partial charge in [-0.05, 0) is 43.2 Å². The molecular formula is C20H23FN2O2. The van der Waals surface area contributed by atoms with Gasteiger partial charge in [0.1, 0.15) is 11.6 Å². The fourth-order valence-corrected chi connectivity index (χ4v) is 3.17. The van der Waals surface area contributed by atoms with Crippen molar-refractivity contribution >= 4 is 5.91 Å². The minimum absolute atomic E-state index is 0.0306. The van der Waals surface area contributed by atoms with Crippen molar-refractivity contribution in [1.82, 2.24) is 9.80 Å². The predicted molar refractivity (Wildman–Crippen MR) is 95.0 cm³/mol. The first-order valence-corrected chi connectivity index (χ1v) is 8.58. The lowest BCUT2D eigenvalue weighted by atomic mass is 10.1. The first kappa shape index (κ1) is 17.4. The SMILES string of the molecule is Cc1ccc(O)c(C(=O)N2CCCN(Cc3ccc(F)cc3)CC2)c1. The molecule has 0 aromatic heterocycles. The van der Waals surface area contributed by atoms with E-state index in [9.17, 15) is 14.3 Å². The Hall–Kier alpha value is -2.40. The zero-order valence-corrected chi connectivity index (χ0v) is 14.4. The van der Waals surface area contributed by atoms with Crippen molar-refractivity contribution in [2.45, 2.75) is 19.9 Å². The lowest BCUT2D eigenvalue weighted by Gasteiger charge is -2.22. The Labute approximate surface area is 147 Å². The topological polar surface area (TPSA) is 43.8 Å². The second kappa shape index (κ2) is 7.66. The molecule has 0 bridgehead atoms. The number of carbonyl (C=O) groups is 1. The van der Waals surface area contributed by atoms with Gasteiger partial charge in [0.15, 0.2) is 0 Å². The zero-order chi connectivity index (χ0) is 17.8. The van der Waals surface area contributed by atoms with Gasteiger partial charge in [-0.25, -0.2) is 4.39 Å². The number of phenolic OH excluding ortho intramolecular Hbond substituents is 1. The Bertz CT molecular complexity index is 746. The van der Waals surface area contributed by atoms with Gasteiger partial charge in [0, 0.05) is 32.7 Å². The zero-order valence-electron chi connectivity index (χ0n) is 14.4. The van der Waals surface area contributed by atoms with Crippen molar-refractivity contribution in [2.75, 3.05) is 26.2 Å². The molecule has 4 nitrogen and oxygen atoms in total. The monoisotopic (exact) mass is 342 g/mol. The average Bonchev–Trinajstić information content (AvgIpc) is 2.84. The minimum atomic E-state index is -0.227. The van der Waals surface area contributed by atoms with Crippen molar-refractivity contribution < 1.29 is 14.3 Å². The quantitative estimate of drug-likeness (QED) is 0.932. The molecule has 25 heavy (non-hydrogen) atoms. The fourth-order valence-electron chi connectivity index (χ4n) is 3.17. The molecule has 2 aromatic rings. The number of rotatable bonds is 3. The van der Waals surface area contributed by atoms with Gasteiger partial charge in [0.2, 0.25) is 0 Å². The number of benzene rings is 2. The molecule has 132 valence electrons. The number of nitrogens with zero attached hydrogens (tertiary/aromatic N) is 2. The highest BCUT2D eigenvalue weighted by Crippen LogP contribution is 2.21. The number of aryl methyl sites for hydroxylation is 1. The lowest BCUT2D eigenvalue weighted by Crippen LogP contribution is -2.35. The average molecular weight is 342 g/mol. The summed E-state index contributed by atoms with van der Waals surface area (Å²) in [4.78, 5) is 16.8. The van der Waals surface area contributed by atoms with Gasteiger partial charge in [-0.3, -0.25) is 9.69 Å². The standard InChI is InChI=1S/C20H23FN2O2/c1-15-3-8-19(24)18(13-15)20(25)23-10-2-9-22(11-12-23)14-16-4-6-17(21)7-5-16/h3-8,13,24H,2,9-12,14H2,1H3. The maximum atomic E-state index is 13.0. The molecule has 1 aliphatic heterocycles. The molecule has 2 aromatic carbocycles. The van der Waals surface area contributed by atoms with Crippen molar-refractivity contribution in [3.8, 4) is 5.75 Å². The van der Waals surface area contributed by atoms with Crippen molar-refractivity contribution in [2.24, 2.45) is 0 Å². The Kier molecular flexibility index (Phi) is 5.34. The van der Waals surface area contributed by atoms with Crippen LogP contribution in [0.25, 0.3) is 0 Å². The minimum Gasteiger partial charge on any atom is -0.507 e. The van der Waals surface area contributed by atoms with Gasteiger partial charge >= 0.3 is 0 Å². The predicted octanol–water partition coefficient (Wildman–Crippen LogP) is 3.19. The highest BCUT2D eigenvalue weighted by Gasteiger charge is 2.22. The van der Waals surface area contributed by atoms with Gasteiger partial charge < -0.3 is 10.0 Å². The van der Waals surface area contributed by atoms with Crippen molar-refractivity contribution in [3.63, 3.8) is 0 Å². The van der Waals surface area contributed by atoms with Crippen LogP contribution in [0.1, 0.15) is 27.9 Å². The van der Waals surface area contributed by atoms with Gasteiger partial charge in [0.05, 0.1) is 5.56 Å². The molecule has 0 aliphatic carbocycles. The first-order valence-electron chi connectivity index (χ1n) is 8.58. The van der Waals surface area contributed by atoms with Crippen LogP contribution in [0.3, 0.4) is 0 Å². The van der Waals surface area contributed by atoms with E-state index in [1.165, 1.54) is 12.1 Å².